The molecule has 0 spiro atoms. The van der Waals surface area contributed by atoms with E-state index in [1.54, 1.807) is 0 Å². The topological polar surface area (TPSA) is 26.3 Å². The molecule has 2 heteroatoms. The highest BCUT2D eigenvalue weighted by Gasteiger charge is 2.65. The summed E-state index contributed by atoms with van der Waals surface area (Å²) >= 11 is 0. The minimum Gasteiger partial charge on any atom is -0.460 e. The summed E-state index contributed by atoms with van der Waals surface area (Å²) in [6.45, 7) is 8.09. The number of ether oxygens (including phenoxy) is 1. The number of carbonyl (C=O) groups excluding carboxylic acids is 1. The summed E-state index contributed by atoms with van der Waals surface area (Å²) in [4.78, 5) is 12.0. The van der Waals surface area contributed by atoms with Gasteiger partial charge in [-0.1, -0.05) is 19.8 Å². The van der Waals surface area contributed by atoms with E-state index in [2.05, 4.69) is 6.92 Å². The zero-order chi connectivity index (χ0) is 11.3. The molecule has 86 valence electrons. The highest BCUT2D eigenvalue weighted by atomic mass is 16.6. The fourth-order valence-corrected chi connectivity index (χ4v) is 3.17. The van der Waals surface area contributed by atoms with Gasteiger partial charge in [0.05, 0.1) is 5.92 Å². The molecule has 0 heterocycles. The quantitative estimate of drug-likeness (QED) is 0.621. The van der Waals surface area contributed by atoms with Crippen LogP contribution in [0.15, 0.2) is 0 Å². The molecule has 0 bridgehead atoms. The first kappa shape index (κ1) is 11.0. The molecule has 2 saturated carbocycles. The average Bonchev–Trinajstić information content (AvgIpc) is 2.67. The van der Waals surface area contributed by atoms with Crippen LogP contribution in [0.4, 0.5) is 0 Å². The van der Waals surface area contributed by atoms with E-state index in [1.807, 2.05) is 20.8 Å². The van der Waals surface area contributed by atoms with Gasteiger partial charge in [0, 0.05) is 0 Å². The van der Waals surface area contributed by atoms with Gasteiger partial charge in [0.2, 0.25) is 0 Å². The summed E-state index contributed by atoms with van der Waals surface area (Å²) in [5.74, 6) is 0.845. The molecule has 0 aliphatic heterocycles. The fraction of sp³-hybridized carbons (Fsp3) is 0.923. The van der Waals surface area contributed by atoms with Gasteiger partial charge in [0.25, 0.3) is 0 Å². The summed E-state index contributed by atoms with van der Waals surface area (Å²) in [5.41, 5.74) is -0.0558. The average molecular weight is 210 g/mol. The van der Waals surface area contributed by atoms with E-state index >= 15 is 0 Å². The second-order valence-electron chi connectivity index (χ2n) is 6.37. The lowest BCUT2D eigenvalue weighted by molar-refractivity contribution is -0.157. The first-order valence-corrected chi connectivity index (χ1v) is 6.07. The van der Waals surface area contributed by atoms with Crippen molar-refractivity contribution < 1.29 is 9.53 Å². The molecule has 0 amide bonds. The number of hydrogen-bond donors (Lipinski definition) is 0. The molecular weight excluding hydrogens is 188 g/mol. The van der Waals surface area contributed by atoms with Crippen molar-refractivity contribution in [2.75, 3.05) is 0 Å². The number of hydrogen-bond acceptors (Lipinski definition) is 2. The van der Waals surface area contributed by atoms with Crippen molar-refractivity contribution >= 4 is 5.97 Å². The lowest BCUT2D eigenvalue weighted by Gasteiger charge is -2.20. The van der Waals surface area contributed by atoms with Crippen molar-refractivity contribution in [3.05, 3.63) is 0 Å². The van der Waals surface area contributed by atoms with Crippen LogP contribution in [0.25, 0.3) is 0 Å². The second kappa shape index (κ2) is 3.23. The molecule has 0 aromatic carbocycles. The molecule has 2 nitrogen and oxygen atoms in total. The first-order chi connectivity index (χ1) is 6.84. The Labute approximate surface area is 92.4 Å². The maximum absolute atomic E-state index is 12.0. The van der Waals surface area contributed by atoms with E-state index in [1.165, 1.54) is 25.7 Å². The van der Waals surface area contributed by atoms with Gasteiger partial charge in [-0.2, -0.15) is 0 Å². The van der Waals surface area contributed by atoms with Crippen molar-refractivity contribution in [1.29, 1.82) is 0 Å². The van der Waals surface area contributed by atoms with Gasteiger partial charge in [0.15, 0.2) is 0 Å². The third-order valence-corrected chi connectivity index (χ3v) is 3.99. The smallest absolute Gasteiger partial charge is 0.310 e. The molecule has 2 rings (SSSR count). The molecule has 0 unspecified atom stereocenters. The monoisotopic (exact) mass is 210 g/mol. The maximum Gasteiger partial charge on any atom is 0.310 e. The van der Waals surface area contributed by atoms with Crippen LogP contribution >= 0.6 is 0 Å². The molecule has 2 fully saturated rings. The van der Waals surface area contributed by atoms with Gasteiger partial charge in [-0.3, -0.25) is 4.79 Å². The van der Waals surface area contributed by atoms with Gasteiger partial charge in [0.1, 0.15) is 5.60 Å². The van der Waals surface area contributed by atoms with Crippen LogP contribution in [0.3, 0.4) is 0 Å². The van der Waals surface area contributed by atoms with E-state index in [4.69, 9.17) is 4.74 Å². The van der Waals surface area contributed by atoms with Gasteiger partial charge in [-0.05, 0) is 44.9 Å². The Kier molecular flexibility index (Phi) is 2.36. The molecule has 3 atom stereocenters. The minimum atomic E-state index is -0.334. The Morgan fingerprint density at radius 2 is 2.00 bits per heavy atom. The minimum absolute atomic E-state index is 0.0388. The molecule has 0 radical (unpaired) electrons. The Balaban J connectivity index is 1.99. The molecular formula is C13H22O2. The summed E-state index contributed by atoms with van der Waals surface area (Å²) in [5, 5.41) is 0. The molecule has 0 saturated heterocycles. The van der Waals surface area contributed by atoms with Crippen molar-refractivity contribution in [3.8, 4) is 0 Å². The third kappa shape index (κ3) is 1.91. The molecule has 2 aliphatic rings. The Morgan fingerprint density at radius 3 is 2.47 bits per heavy atom. The standard InChI is InChI=1S/C13H22O2/c1-12(2,3)15-11(14)10-9-7-5-6-8-13(9,10)4/h9-10H,5-8H2,1-4H3/t9-,10-,13-/m0/s1. The van der Waals surface area contributed by atoms with Crippen LogP contribution in [0.5, 0.6) is 0 Å². The number of carbonyl (C=O) groups is 1. The first-order valence-electron chi connectivity index (χ1n) is 6.07. The lowest BCUT2D eigenvalue weighted by atomic mass is 9.90. The number of rotatable bonds is 1. The Bertz CT molecular complexity index is 277. The Morgan fingerprint density at radius 1 is 1.33 bits per heavy atom. The van der Waals surface area contributed by atoms with Gasteiger partial charge >= 0.3 is 5.97 Å². The third-order valence-electron chi connectivity index (χ3n) is 3.99. The summed E-state index contributed by atoms with van der Waals surface area (Å²) in [7, 11) is 0. The van der Waals surface area contributed by atoms with Crippen molar-refractivity contribution in [1.82, 2.24) is 0 Å². The predicted octanol–water partition coefficient (Wildman–Crippen LogP) is 3.15. The molecule has 0 aromatic heterocycles. The zero-order valence-corrected chi connectivity index (χ0v) is 10.3. The summed E-state index contributed by atoms with van der Waals surface area (Å²) in [6, 6.07) is 0. The lowest BCUT2D eigenvalue weighted by Crippen LogP contribution is -2.26. The van der Waals surface area contributed by atoms with Crippen molar-refractivity contribution in [3.63, 3.8) is 0 Å². The number of esters is 1. The van der Waals surface area contributed by atoms with Crippen LogP contribution in [-0.4, -0.2) is 11.6 Å². The summed E-state index contributed by atoms with van der Waals surface area (Å²) < 4.78 is 5.48. The van der Waals surface area contributed by atoms with Gasteiger partial charge in [-0.15, -0.1) is 0 Å². The van der Waals surface area contributed by atoms with Crippen LogP contribution in [0.1, 0.15) is 53.4 Å². The van der Waals surface area contributed by atoms with E-state index in [0.29, 0.717) is 5.92 Å². The van der Waals surface area contributed by atoms with E-state index in [0.717, 1.165) is 0 Å². The predicted molar refractivity (Wildman–Crippen MR) is 59.4 cm³/mol. The summed E-state index contributed by atoms with van der Waals surface area (Å²) in [6.07, 6.45) is 5.01. The zero-order valence-electron chi connectivity index (χ0n) is 10.3. The van der Waals surface area contributed by atoms with Gasteiger partial charge < -0.3 is 4.74 Å². The van der Waals surface area contributed by atoms with Gasteiger partial charge in [-0.25, -0.2) is 0 Å². The molecule has 0 N–H and O–H groups in total. The van der Waals surface area contributed by atoms with Crippen LogP contribution in [-0.2, 0) is 9.53 Å². The normalized spacial score (nSPS) is 39.5. The number of fused-ring (bicyclic) bond motifs is 1. The highest BCUT2D eigenvalue weighted by Crippen LogP contribution is 2.66. The largest absolute Gasteiger partial charge is 0.460 e. The maximum atomic E-state index is 12.0. The van der Waals surface area contributed by atoms with E-state index in [-0.39, 0.29) is 22.9 Å². The highest BCUT2D eigenvalue weighted by molar-refractivity contribution is 5.78. The van der Waals surface area contributed by atoms with Crippen LogP contribution in [0.2, 0.25) is 0 Å². The molecule has 2 aliphatic carbocycles. The van der Waals surface area contributed by atoms with Crippen molar-refractivity contribution in [2.45, 2.75) is 59.0 Å². The van der Waals surface area contributed by atoms with Crippen molar-refractivity contribution in [2.24, 2.45) is 17.3 Å². The van der Waals surface area contributed by atoms with Crippen LogP contribution < -0.4 is 0 Å². The molecule has 15 heavy (non-hydrogen) atoms. The Hall–Kier alpha value is -0.530. The van der Waals surface area contributed by atoms with E-state index < -0.39 is 0 Å². The second-order valence-corrected chi connectivity index (χ2v) is 6.37. The SMILES string of the molecule is CC(C)(C)OC(=O)[C@@H]1[C@@H]2CCCC[C@]12C. The van der Waals surface area contributed by atoms with E-state index in [9.17, 15) is 4.79 Å². The molecule has 0 aromatic rings. The van der Waals surface area contributed by atoms with Crippen LogP contribution in [0, 0.1) is 17.3 Å². The fourth-order valence-electron chi connectivity index (χ4n) is 3.17.